The van der Waals surface area contributed by atoms with Gasteiger partial charge in [0.25, 0.3) is 0 Å². The highest BCUT2D eigenvalue weighted by molar-refractivity contribution is 5.02. The van der Waals surface area contributed by atoms with Gasteiger partial charge in [-0.3, -0.25) is 0 Å². The van der Waals surface area contributed by atoms with Gasteiger partial charge in [-0.25, -0.2) is 0 Å². The van der Waals surface area contributed by atoms with Crippen molar-refractivity contribution in [1.82, 2.24) is 5.32 Å². The number of fused-ring (bicyclic) bond motifs is 1. The average Bonchev–Trinajstić information content (AvgIpc) is 2.78. The van der Waals surface area contributed by atoms with E-state index in [2.05, 4.69) is 19.3 Å². The maximum Gasteiger partial charge on any atom is -0.00235 e. The van der Waals surface area contributed by atoms with E-state index in [1.54, 1.807) is 12.8 Å². The molecular weight excluding hydrogens is 170 g/mol. The molecule has 82 valence electrons. The van der Waals surface area contributed by atoms with Gasteiger partial charge < -0.3 is 5.32 Å². The molecule has 0 bridgehead atoms. The predicted molar refractivity (Wildman–Crippen MR) is 61.3 cm³/mol. The van der Waals surface area contributed by atoms with E-state index in [1.807, 2.05) is 0 Å². The van der Waals surface area contributed by atoms with Crippen LogP contribution in [-0.4, -0.2) is 13.6 Å². The van der Waals surface area contributed by atoms with Crippen LogP contribution in [-0.2, 0) is 0 Å². The standard InChI is InChI=1S/C13H25N/c1-3-4-10(9-14-2)5-6-11-7-12-8-13(11)12/h10-14H,3-9H2,1-2H3/t10-,11-,12?,13-/m1/s1. The third kappa shape index (κ3) is 2.31. The van der Waals surface area contributed by atoms with E-state index in [-0.39, 0.29) is 0 Å². The number of hydrogen-bond acceptors (Lipinski definition) is 1. The fourth-order valence-corrected chi connectivity index (χ4v) is 3.31. The summed E-state index contributed by atoms with van der Waals surface area (Å²) in [5.41, 5.74) is 0. The summed E-state index contributed by atoms with van der Waals surface area (Å²) in [6.45, 7) is 3.54. The molecule has 0 spiro atoms. The molecule has 1 unspecified atom stereocenters. The van der Waals surface area contributed by atoms with Crippen LogP contribution in [0.25, 0.3) is 0 Å². The molecule has 14 heavy (non-hydrogen) atoms. The summed E-state index contributed by atoms with van der Waals surface area (Å²) in [6.07, 6.45) is 8.92. The van der Waals surface area contributed by atoms with Gasteiger partial charge in [-0.2, -0.15) is 0 Å². The van der Waals surface area contributed by atoms with Gasteiger partial charge in [-0.1, -0.05) is 13.3 Å². The molecule has 0 amide bonds. The molecule has 0 saturated heterocycles. The third-order valence-electron chi connectivity index (χ3n) is 4.32. The maximum absolute atomic E-state index is 3.33. The molecule has 2 rings (SSSR count). The van der Waals surface area contributed by atoms with Gasteiger partial charge in [0, 0.05) is 0 Å². The fourth-order valence-electron chi connectivity index (χ4n) is 3.31. The minimum atomic E-state index is 0.947. The van der Waals surface area contributed by atoms with Crippen LogP contribution in [0.2, 0.25) is 0 Å². The first kappa shape index (κ1) is 10.5. The van der Waals surface area contributed by atoms with Gasteiger partial charge >= 0.3 is 0 Å². The second-order valence-corrected chi connectivity index (χ2v) is 5.45. The zero-order valence-electron chi connectivity index (χ0n) is 9.76. The largest absolute Gasteiger partial charge is 0.319 e. The van der Waals surface area contributed by atoms with Gasteiger partial charge in [-0.05, 0) is 69.4 Å². The Balaban J connectivity index is 1.60. The molecule has 0 aromatic carbocycles. The fraction of sp³-hybridized carbons (Fsp3) is 1.00. The lowest BCUT2D eigenvalue weighted by Crippen LogP contribution is -2.22. The minimum absolute atomic E-state index is 0.947. The molecular formula is C13H25N. The zero-order valence-corrected chi connectivity index (χ0v) is 9.76. The monoisotopic (exact) mass is 195 g/mol. The number of hydrogen-bond donors (Lipinski definition) is 1. The maximum atomic E-state index is 3.33. The van der Waals surface area contributed by atoms with E-state index >= 15 is 0 Å². The molecule has 1 heteroatoms. The number of nitrogens with one attached hydrogen (secondary N) is 1. The molecule has 2 saturated carbocycles. The molecule has 2 fully saturated rings. The summed E-state index contributed by atoms with van der Waals surface area (Å²) in [7, 11) is 2.09. The first-order chi connectivity index (χ1) is 6.85. The van der Waals surface area contributed by atoms with Gasteiger partial charge in [0.05, 0.1) is 0 Å². The molecule has 2 aliphatic rings. The average molecular weight is 195 g/mol. The van der Waals surface area contributed by atoms with Crippen molar-refractivity contribution in [2.24, 2.45) is 23.7 Å². The molecule has 0 radical (unpaired) electrons. The van der Waals surface area contributed by atoms with Gasteiger partial charge in [0.15, 0.2) is 0 Å². The van der Waals surface area contributed by atoms with Crippen LogP contribution in [0.15, 0.2) is 0 Å². The molecule has 4 atom stereocenters. The zero-order chi connectivity index (χ0) is 9.97. The SMILES string of the molecule is CCC[C@H](CC[C@@H]1CC2C[C@@H]21)CNC. The van der Waals surface area contributed by atoms with E-state index in [0.717, 1.165) is 11.8 Å². The molecule has 2 aliphatic carbocycles. The van der Waals surface area contributed by atoms with Gasteiger partial charge in [0.2, 0.25) is 0 Å². The summed E-state index contributed by atoms with van der Waals surface area (Å²) in [5.74, 6) is 4.46. The van der Waals surface area contributed by atoms with E-state index in [4.69, 9.17) is 0 Å². The van der Waals surface area contributed by atoms with Crippen LogP contribution in [0, 0.1) is 23.7 Å². The van der Waals surface area contributed by atoms with E-state index in [0.29, 0.717) is 0 Å². The predicted octanol–water partition coefficient (Wildman–Crippen LogP) is 3.06. The van der Waals surface area contributed by atoms with Crippen LogP contribution in [0.4, 0.5) is 0 Å². The lowest BCUT2D eigenvalue weighted by Gasteiger charge is -2.26. The quantitative estimate of drug-likeness (QED) is 0.658. The van der Waals surface area contributed by atoms with Crippen molar-refractivity contribution in [2.45, 2.75) is 45.4 Å². The number of rotatable bonds is 7. The first-order valence-electron chi connectivity index (χ1n) is 6.49. The van der Waals surface area contributed by atoms with Crippen molar-refractivity contribution in [3.63, 3.8) is 0 Å². The van der Waals surface area contributed by atoms with Crippen molar-refractivity contribution >= 4 is 0 Å². The molecule has 1 nitrogen and oxygen atoms in total. The van der Waals surface area contributed by atoms with Crippen molar-refractivity contribution in [3.05, 3.63) is 0 Å². The van der Waals surface area contributed by atoms with Crippen molar-refractivity contribution in [2.75, 3.05) is 13.6 Å². The van der Waals surface area contributed by atoms with E-state index in [9.17, 15) is 0 Å². The van der Waals surface area contributed by atoms with Crippen LogP contribution < -0.4 is 5.32 Å². The highest BCUT2D eigenvalue weighted by atomic mass is 14.8. The van der Waals surface area contributed by atoms with Crippen molar-refractivity contribution in [1.29, 1.82) is 0 Å². The van der Waals surface area contributed by atoms with E-state index in [1.165, 1.54) is 44.1 Å². The Hall–Kier alpha value is -0.0400. The summed E-state index contributed by atoms with van der Waals surface area (Å²) in [6, 6.07) is 0. The molecule has 1 N–H and O–H groups in total. The van der Waals surface area contributed by atoms with Gasteiger partial charge in [-0.15, -0.1) is 0 Å². The summed E-state index contributed by atoms with van der Waals surface area (Å²) in [4.78, 5) is 0. The highest BCUT2D eigenvalue weighted by Crippen LogP contribution is 2.61. The molecule has 0 heterocycles. The third-order valence-corrected chi connectivity index (χ3v) is 4.32. The van der Waals surface area contributed by atoms with Crippen LogP contribution in [0.1, 0.15) is 45.4 Å². The Kier molecular flexibility index (Phi) is 3.48. The molecule has 0 aromatic heterocycles. The Morgan fingerprint density at radius 1 is 1.29 bits per heavy atom. The Labute approximate surface area is 88.7 Å². The Morgan fingerprint density at radius 3 is 2.64 bits per heavy atom. The Bertz CT molecular complexity index is 172. The molecule has 0 aliphatic heterocycles. The van der Waals surface area contributed by atoms with Crippen molar-refractivity contribution < 1.29 is 0 Å². The van der Waals surface area contributed by atoms with Gasteiger partial charge in [0.1, 0.15) is 0 Å². The van der Waals surface area contributed by atoms with E-state index < -0.39 is 0 Å². The second kappa shape index (κ2) is 4.65. The van der Waals surface area contributed by atoms with Crippen molar-refractivity contribution in [3.8, 4) is 0 Å². The summed E-state index contributed by atoms with van der Waals surface area (Å²) in [5, 5.41) is 3.33. The topological polar surface area (TPSA) is 12.0 Å². The van der Waals surface area contributed by atoms with Crippen LogP contribution in [0.3, 0.4) is 0 Å². The molecule has 0 aromatic rings. The summed E-state index contributed by atoms with van der Waals surface area (Å²) < 4.78 is 0. The summed E-state index contributed by atoms with van der Waals surface area (Å²) >= 11 is 0. The highest BCUT2D eigenvalue weighted by Gasteiger charge is 2.52. The van der Waals surface area contributed by atoms with Crippen LogP contribution >= 0.6 is 0 Å². The smallest absolute Gasteiger partial charge is 0.00235 e. The first-order valence-corrected chi connectivity index (χ1v) is 6.49. The minimum Gasteiger partial charge on any atom is -0.319 e. The van der Waals surface area contributed by atoms with Crippen LogP contribution in [0.5, 0.6) is 0 Å². The normalized spacial score (nSPS) is 36.0. The lowest BCUT2D eigenvalue weighted by molar-refractivity contribution is 0.243. The Morgan fingerprint density at radius 2 is 2.14 bits per heavy atom. The second-order valence-electron chi connectivity index (χ2n) is 5.45. The lowest BCUT2D eigenvalue weighted by atomic mass is 9.80.